The molecule has 0 amide bonds. The lowest BCUT2D eigenvalue weighted by Gasteiger charge is -2.21. The Hall–Kier alpha value is -6.36. The Morgan fingerprint density at radius 1 is 0.250 bits per heavy atom. The Kier molecular flexibility index (Phi) is 77.9. The highest BCUT2D eigenvalue weighted by molar-refractivity contribution is 7.47. The molecule has 3 N–H and O–H groups in total. The summed E-state index contributed by atoms with van der Waals surface area (Å²) in [5.74, 6) is -2.31. The van der Waals surface area contributed by atoms with E-state index in [9.17, 15) is 43.2 Å². The fraction of sp³-hybridized carbons (Fsp3) is 0.591. The van der Waals surface area contributed by atoms with E-state index in [1.807, 2.05) is 0 Å². The minimum absolute atomic E-state index is 0.0302. The van der Waals surface area contributed by atoms with Gasteiger partial charge in [0, 0.05) is 25.7 Å². The number of carbonyl (C=O) groups excluding carboxylic acids is 4. The summed E-state index contributed by atoms with van der Waals surface area (Å²) in [5.41, 5.74) is 0. The first-order chi connectivity index (χ1) is 54.7. The van der Waals surface area contributed by atoms with Crippen LogP contribution in [0.4, 0.5) is 0 Å². The van der Waals surface area contributed by atoms with Crippen LogP contribution in [0, 0.1) is 0 Å². The Labute approximate surface area is 678 Å². The van der Waals surface area contributed by atoms with Crippen molar-refractivity contribution in [2.45, 2.75) is 316 Å². The second-order valence-electron chi connectivity index (χ2n) is 27.2. The molecule has 0 bridgehead atoms. The molecule has 0 aliphatic carbocycles. The van der Waals surface area contributed by atoms with Crippen molar-refractivity contribution in [3.8, 4) is 0 Å². The van der Waals surface area contributed by atoms with Gasteiger partial charge in [0.25, 0.3) is 0 Å². The van der Waals surface area contributed by atoms with Crippen molar-refractivity contribution in [3.63, 3.8) is 0 Å². The second-order valence-corrected chi connectivity index (χ2v) is 30.1. The van der Waals surface area contributed by atoms with E-state index in [-0.39, 0.29) is 25.7 Å². The van der Waals surface area contributed by atoms with Crippen molar-refractivity contribution < 1.29 is 80.2 Å². The zero-order chi connectivity index (χ0) is 81.7. The van der Waals surface area contributed by atoms with Gasteiger partial charge in [-0.05, 0) is 186 Å². The fourth-order valence-corrected chi connectivity index (χ4v) is 12.0. The van der Waals surface area contributed by atoms with E-state index >= 15 is 0 Å². The number of hydrogen-bond donors (Lipinski definition) is 3. The summed E-state index contributed by atoms with van der Waals surface area (Å²) in [6, 6.07) is 0. The monoisotopic (exact) mass is 1600 g/mol. The van der Waals surface area contributed by atoms with Crippen LogP contribution in [0.25, 0.3) is 0 Å². The van der Waals surface area contributed by atoms with Crippen molar-refractivity contribution in [3.05, 3.63) is 207 Å². The van der Waals surface area contributed by atoms with E-state index in [1.165, 1.54) is 0 Å². The van der Waals surface area contributed by atoms with Gasteiger partial charge in [-0.2, -0.15) is 0 Å². The van der Waals surface area contributed by atoms with Gasteiger partial charge in [0.2, 0.25) is 0 Å². The molecule has 0 heterocycles. The zero-order valence-corrected chi connectivity index (χ0v) is 71.0. The third kappa shape index (κ3) is 81.6. The standard InChI is InChI=1S/C93H148O17P2/c1-5-9-13-17-21-25-29-33-37-40-43-46-50-53-57-61-65-69-73-77-90(95)103-83-88(109-92(97)79-75-71-67-63-59-55-49-36-32-28-24-20-16-12-8-4)85-107-111(99,100)105-81-87(94)82-106-112(101,102)108-86-89(110-93(98)80-76-72-68-64-60-56-52-48-45-42-39-35-31-27-23-19-15-11-7-3)84-104-91(96)78-74-70-66-62-58-54-51-47-44-41-38-34-30-26-22-18-14-10-6-2/h9-16,21-28,33-39,43-49,54,58-59,63,87-89,94H,5-8,17-20,29-32,40-42,50-53,55-57,60-62,64-86H2,1-4H3,(H,99,100)(H,101,102)/b13-9-,14-10-,15-11-,16-12-,25-21-,26-22-,27-23-,28-24-,37-33-,38-34-,39-35-,46-43-,47-44-,48-45-,49-36-,58-54-,63-59-. The normalized spacial score (nSPS) is 14.8. The van der Waals surface area contributed by atoms with Crippen LogP contribution in [0.3, 0.4) is 0 Å². The van der Waals surface area contributed by atoms with Gasteiger partial charge < -0.3 is 33.8 Å². The average Bonchev–Trinajstić information content (AvgIpc) is 0.898. The van der Waals surface area contributed by atoms with Crippen molar-refractivity contribution in [2.24, 2.45) is 0 Å². The molecule has 0 radical (unpaired) electrons. The maximum atomic E-state index is 13.2. The van der Waals surface area contributed by atoms with E-state index in [0.29, 0.717) is 32.1 Å². The lowest BCUT2D eigenvalue weighted by atomic mass is 10.1. The summed E-state index contributed by atoms with van der Waals surface area (Å²) in [7, 11) is -10.0. The van der Waals surface area contributed by atoms with Crippen molar-refractivity contribution >= 4 is 39.5 Å². The Morgan fingerprint density at radius 3 is 0.696 bits per heavy atom. The summed E-state index contributed by atoms with van der Waals surface area (Å²) >= 11 is 0. The highest BCUT2D eigenvalue weighted by atomic mass is 31.2. The van der Waals surface area contributed by atoms with Gasteiger partial charge in [-0.15, -0.1) is 0 Å². The van der Waals surface area contributed by atoms with Crippen LogP contribution >= 0.6 is 15.6 Å². The smallest absolute Gasteiger partial charge is 0.462 e. The van der Waals surface area contributed by atoms with Crippen LogP contribution in [0.2, 0.25) is 0 Å². The molecule has 0 saturated heterocycles. The fourth-order valence-electron chi connectivity index (χ4n) is 10.5. The lowest BCUT2D eigenvalue weighted by molar-refractivity contribution is -0.161. The molecule has 0 saturated carbocycles. The lowest BCUT2D eigenvalue weighted by Crippen LogP contribution is -2.30. The third-order valence-electron chi connectivity index (χ3n) is 16.7. The number of unbranched alkanes of at least 4 members (excludes halogenated alkanes) is 17. The van der Waals surface area contributed by atoms with Crippen LogP contribution in [-0.4, -0.2) is 96.7 Å². The summed E-state index contributed by atoms with van der Waals surface area (Å²) < 4.78 is 68.7. The molecule has 0 aromatic carbocycles. The largest absolute Gasteiger partial charge is 0.472 e. The number of rotatable bonds is 77. The van der Waals surface area contributed by atoms with Gasteiger partial charge in [0.15, 0.2) is 12.2 Å². The predicted molar refractivity (Wildman–Crippen MR) is 463 cm³/mol. The van der Waals surface area contributed by atoms with E-state index in [2.05, 4.69) is 234 Å². The highest BCUT2D eigenvalue weighted by Crippen LogP contribution is 2.45. The third-order valence-corrected chi connectivity index (χ3v) is 18.6. The predicted octanol–water partition coefficient (Wildman–Crippen LogP) is 25.4. The number of aliphatic hydroxyl groups is 1. The number of ether oxygens (including phenoxy) is 4. The number of aliphatic hydroxyl groups excluding tert-OH is 1. The SMILES string of the molecule is CC/C=C\C/C=C\C/C=C\C/C=C\C/C=C\CCCCCC(=O)OCC(COP(=O)(O)OCC(O)COP(=O)(O)OCC(COC(=O)CCCCCCCC/C=C\C/C=C\C/C=C\C/C=C\CC)OC(=O)CCCC/C=C\C/C=C\C/C=C\C/C=C\CC)OC(=O)CCCCCCCC/C=C\C/C=C\C/C=C\C/C=C\CC. The minimum atomic E-state index is -5.01. The van der Waals surface area contributed by atoms with Crippen LogP contribution in [0.5, 0.6) is 0 Å². The summed E-state index contributed by atoms with van der Waals surface area (Å²) in [5, 5.41) is 10.7. The number of esters is 4. The molecule has 0 fully saturated rings. The van der Waals surface area contributed by atoms with E-state index in [1.54, 1.807) is 0 Å². The van der Waals surface area contributed by atoms with Gasteiger partial charge in [-0.25, -0.2) is 9.13 Å². The first-order valence-corrected chi connectivity index (χ1v) is 45.3. The first kappa shape index (κ1) is 106. The molecule has 17 nitrogen and oxygen atoms in total. The zero-order valence-electron chi connectivity index (χ0n) is 69.3. The summed E-state index contributed by atoms with van der Waals surface area (Å²) in [6.07, 6.45) is 104. The maximum absolute atomic E-state index is 13.2. The molecule has 5 unspecified atom stereocenters. The molecule has 0 spiro atoms. The molecular weight excluding hydrogens is 1450 g/mol. The Balaban J connectivity index is 5.49. The van der Waals surface area contributed by atoms with Gasteiger partial charge in [-0.3, -0.25) is 37.3 Å². The van der Waals surface area contributed by atoms with Crippen LogP contribution < -0.4 is 0 Å². The molecule has 0 aliphatic rings. The number of hydrogen-bond acceptors (Lipinski definition) is 15. The van der Waals surface area contributed by atoms with Crippen molar-refractivity contribution in [1.29, 1.82) is 0 Å². The molecule has 0 aromatic rings. The Morgan fingerprint density at radius 2 is 0.438 bits per heavy atom. The van der Waals surface area contributed by atoms with E-state index in [4.69, 9.17) is 37.0 Å². The molecule has 5 atom stereocenters. The van der Waals surface area contributed by atoms with Crippen LogP contribution in [-0.2, 0) is 65.4 Å². The minimum Gasteiger partial charge on any atom is -0.462 e. The van der Waals surface area contributed by atoms with E-state index in [0.717, 1.165) is 212 Å². The van der Waals surface area contributed by atoms with Gasteiger partial charge in [0.1, 0.15) is 19.3 Å². The van der Waals surface area contributed by atoms with Crippen LogP contribution in [0.1, 0.15) is 297 Å². The van der Waals surface area contributed by atoms with Gasteiger partial charge in [-0.1, -0.05) is 292 Å². The average molecular weight is 1600 g/mol. The van der Waals surface area contributed by atoms with Crippen molar-refractivity contribution in [1.82, 2.24) is 0 Å². The maximum Gasteiger partial charge on any atom is 0.472 e. The van der Waals surface area contributed by atoms with Gasteiger partial charge in [0.05, 0.1) is 26.4 Å². The second kappa shape index (κ2) is 82.6. The topological polar surface area (TPSA) is 237 Å². The molecule has 632 valence electrons. The number of allylic oxidation sites excluding steroid dienone is 34. The number of phosphoric acid groups is 2. The molecule has 0 aliphatic heterocycles. The van der Waals surface area contributed by atoms with Crippen LogP contribution in [0.15, 0.2) is 207 Å². The molecule has 19 heteroatoms. The summed E-state index contributed by atoms with van der Waals surface area (Å²) in [4.78, 5) is 73.3. The number of phosphoric ester groups is 2. The molecular formula is C93H148O17P2. The molecule has 112 heavy (non-hydrogen) atoms. The van der Waals surface area contributed by atoms with Crippen molar-refractivity contribution in [2.75, 3.05) is 39.6 Å². The van der Waals surface area contributed by atoms with Gasteiger partial charge >= 0.3 is 39.5 Å². The first-order valence-electron chi connectivity index (χ1n) is 42.3. The highest BCUT2D eigenvalue weighted by Gasteiger charge is 2.30. The van der Waals surface area contributed by atoms with E-state index < -0.39 is 97.5 Å². The molecule has 0 rings (SSSR count). The number of carbonyl (C=O) groups is 4. The Bertz CT molecular complexity index is 2940. The molecule has 0 aromatic heterocycles. The quantitative estimate of drug-likeness (QED) is 0.0169. The summed E-state index contributed by atoms with van der Waals surface area (Å²) in [6.45, 7) is 4.29.